The zero-order valence-electron chi connectivity index (χ0n) is 10.2. The van der Waals surface area contributed by atoms with Gasteiger partial charge in [0, 0.05) is 19.2 Å². The number of aliphatic carboxylic acids is 1. The molecule has 0 spiro atoms. The van der Waals surface area contributed by atoms with E-state index in [1.807, 2.05) is 0 Å². The Hall–Kier alpha value is -1.45. The standard InChI is InChI=1S/C10H15N3O5S/c14-10(15)8-2-1-4-13(7-8)19(16,17)11-6-9-3-5-18-12-9/h3,5,8,11H,1-2,4,6-7H2,(H,14,15). The minimum atomic E-state index is -3.69. The van der Waals surface area contributed by atoms with Crippen LogP contribution >= 0.6 is 0 Å². The van der Waals surface area contributed by atoms with Crippen LogP contribution in [-0.2, 0) is 21.5 Å². The van der Waals surface area contributed by atoms with Crippen molar-refractivity contribution in [1.82, 2.24) is 14.2 Å². The summed E-state index contributed by atoms with van der Waals surface area (Å²) >= 11 is 0. The molecule has 0 bridgehead atoms. The first-order chi connectivity index (χ1) is 8.99. The normalized spacial score (nSPS) is 21.4. The predicted octanol–water partition coefficient (Wildman–Crippen LogP) is -0.194. The molecule has 1 aliphatic rings. The van der Waals surface area contributed by atoms with Crippen molar-refractivity contribution >= 4 is 16.2 Å². The molecule has 1 fully saturated rings. The average Bonchev–Trinajstić information content (AvgIpc) is 2.90. The van der Waals surface area contributed by atoms with Crippen molar-refractivity contribution in [3.8, 4) is 0 Å². The molecule has 1 aromatic heterocycles. The number of rotatable bonds is 5. The Kier molecular flexibility index (Phi) is 4.17. The highest BCUT2D eigenvalue weighted by atomic mass is 32.2. The molecule has 19 heavy (non-hydrogen) atoms. The van der Waals surface area contributed by atoms with Gasteiger partial charge in [0.25, 0.3) is 10.2 Å². The Labute approximate surface area is 110 Å². The lowest BCUT2D eigenvalue weighted by Gasteiger charge is -2.29. The fraction of sp³-hybridized carbons (Fsp3) is 0.600. The summed E-state index contributed by atoms with van der Waals surface area (Å²) in [5.41, 5.74) is 0.468. The first-order valence-corrected chi connectivity index (χ1v) is 7.30. The summed E-state index contributed by atoms with van der Waals surface area (Å²) in [5, 5.41) is 12.5. The van der Waals surface area contributed by atoms with Gasteiger partial charge < -0.3 is 9.63 Å². The molecule has 0 radical (unpaired) electrons. The van der Waals surface area contributed by atoms with Crippen molar-refractivity contribution in [3.05, 3.63) is 18.0 Å². The van der Waals surface area contributed by atoms with Gasteiger partial charge in [-0.3, -0.25) is 4.79 Å². The van der Waals surface area contributed by atoms with Crippen LogP contribution in [0.25, 0.3) is 0 Å². The number of carboxylic acid groups (broad SMARTS) is 1. The van der Waals surface area contributed by atoms with Crippen LogP contribution in [-0.4, -0.2) is 42.0 Å². The van der Waals surface area contributed by atoms with E-state index >= 15 is 0 Å². The lowest BCUT2D eigenvalue weighted by molar-refractivity contribution is -0.142. The van der Waals surface area contributed by atoms with E-state index in [4.69, 9.17) is 5.11 Å². The molecule has 9 heteroatoms. The zero-order chi connectivity index (χ0) is 13.9. The molecule has 1 aromatic rings. The smallest absolute Gasteiger partial charge is 0.307 e. The van der Waals surface area contributed by atoms with E-state index in [2.05, 4.69) is 14.4 Å². The maximum atomic E-state index is 12.0. The number of nitrogens with one attached hydrogen (secondary N) is 1. The van der Waals surface area contributed by atoms with E-state index in [-0.39, 0.29) is 13.1 Å². The van der Waals surface area contributed by atoms with E-state index < -0.39 is 22.1 Å². The molecule has 0 aliphatic carbocycles. The van der Waals surface area contributed by atoms with Crippen molar-refractivity contribution in [3.63, 3.8) is 0 Å². The lowest BCUT2D eigenvalue weighted by atomic mass is 10.0. The fourth-order valence-corrected chi connectivity index (χ4v) is 3.21. The summed E-state index contributed by atoms with van der Waals surface area (Å²) in [6.07, 6.45) is 2.40. The molecule has 0 aromatic carbocycles. The van der Waals surface area contributed by atoms with Crippen LogP contribution in [0.1, 0.15) is 18.5 Å². The van der Waals surface area contributed by atoms with Gasteiger partial charge in [-0.2, -0.15) is 17.4 Å². The SMILES string of the molecule is O=C(O)C1CCCN(S(=O)(=O)NCc2ccon2)C1. The largest absolute Gasteiger partial charge is 0.481 e. The first kappa shape index (κ1) is 14.0. The highest BCUT2D eigenvalue weighted by Crippen LogP contribution is 2.18. The molecule has 1 saturated heterocycles. The minimum Gasteiger partial charge on any atom is -0.481 e. The summed E-state index contributed by atoms with van der Waals surface area (Å²) in [5.74, 6) is -1.60. The molecule has 1 unspecified atom stereocenters. The highest BCUT2D eigenvalue weighted by Gasteiger charge is 2.32. The summed E-state index contributed by atoms with van der Waals surface area (Å²) in [4.78, 5) is 10.9. The highest BCUT2D eigenvalue weighted by molar-refractivity contribution is 7.87. The molecule has 2 rings (SSSR count). The van der Waals surface area contributed by atoms with Gasteiger partial charge >= 0.3 is 5.97 Å². The van der Waals surface area contributed by atoms with Crippen molar-refractivity contribution < 1.29 is 22.8 Å². The van der Waals surface area contributed by atoms with Gasteiger partial charge in [-0.1, -0.05) is 5.16 Å². The van der Waals surface area contributed by atoms with Gasteiger partial charge in [0.2, 0.25) is 0 Å². The number of hydrogen-bond donors (Lipinski definition) is 2. The molecule has 2 heterocycles. The van der Waals surface area contributed by atoms with Gasteiger partial charge in [0.1, 0.15) is 6.26 Å². The number of aromatic nitrogens is 1. The molecule has 0 saturated carbocycles. The third kappa shape index (κ3) is 3.52. The van der Waals surface area contributed by atoms with Gasteiger partial charge in [-0.15, -0.1) is 0 Å². The van der Waals surface area contributed by atoms with Crippen LogP contribution in [0.5, 0.6) is 0 Å². The number of carbonyl (C=O) groups is 1. The third-order valence-corrected chi connectivity index (χ3v) is 4.52. The predicted molar refractivity (Wildman–Crippen MR) is 64.2 cm³/mol. The Bertz CT molecular complexity index is 527. The first-order valence-electron chi connectivity index (χ1n) is 5.86. The Morgan fingerprint density at radius 1 is 1.63 bits per heavy atom. The maximum Gasteiger partial charge on any atom is 0.307 e. The van der Waals surface area contributed by atoms with Gasteiger partial charge in [0.05, 0.1) is 18.2 Å². The van der Waals surface area contributed by atoms with Crippen molar-refractivity contribution in [2.45, 2.75) is 19.4 Å². The molecule has 2 N–H and O–H groups in total. The third-order valence-electron chi connectivity index (χ3n) is 3.00. The maximum absolute atomic E-state index is 12.0. The van der Waals surface area contributed by atoms with Crippen molar-refractivity contribution in [2.24, 2.45) is 5.92 Å². The second-order valence-corrected chi connectivity index (χ2v) is 6.11. The van der Waals surface area contributed by atoms with Gasteiger partial charge in [-0.05, 0) is 12.8 Å². The van der Waals surface area contributed by atoms with Gasteiger partial charge in [-0.25, -0.2) is 0 Å². The number of nitrogens with zero attached hydrogens (tertiary/aromatic N) is 2. The fourth-order valence-electron chi connectivity index (χ4n) is 1.95. The van der Waals surface area contributed by atoms with E-state index in [1.165, 1.54) is 6.26 Å². The number of piperidine rings is 1. The molecular formula is C10H15N3O5S. The van der Waals surface area contributed by atoms with Crippen molar-refractivity contribution in [2.75, 3.05) is 13.1 Å². The van der Waals surface area contributed by atoms with E-state index in [1.54, 1.807) is 6.07 Å². The molecular weight excluding hydrogens is 274 g/mol. The number of hydrogen-bond acceptors (Lipinski definition) is 5. The monoisotopic (exact) mass is 289 g/mol. The molecule has 1 atom stereocenters. The molecule has 1 aliphatic heterocycles. The van der Waals surface area contributed by atoms with Crippen LogP contribution in [0.3, 0.4) is 0 Å². The van der Waals surface area contributed by atoms with Crippen LogP contribution < -0.4 is 4.72 Å². The molecule has 106 valence electrons. The summed E-state index contributed by atoms with van der Waals surface area (Å²) in [6.45, 7) is 0.356. The average molecular weight is 289 g/mol. The van der Waals surface area contributed by atoms with E-state index in [0.29, 0.717) is 25.1 Å². The lowest BCUT2D eigenvalue weighted by Crippen LogP contribution is -2.47. The zero-order valence-corrected chi connectivity index (χ0v) is 11.0. The van der Waals surface area contributed by atoms with Crippen LogP contribution in [0, 0.1) is 5.92 Å². The second kappa shape index (κ2) is 5.68. The quantitative estimate of drug-likeness (QED) is 0.776. The van der Waals surface area contributed by atoms with E-state index in [0.717, 1.165) is 4.31 Å². The van der Waals surface area contributed by atoms with E-state index in [9.17, 15) is 13.2 Å². The second-order valence-electron chi connectivity index (χ2n) is 4.35. The Morgan fingerprint density at radius 2 is 2.42 bits per heavy atom. The molecule has 0 amide bonds. The van der Waals surface area contributed by atoms with Crippen molar-refractivity contribution in [1.29, 1.82) is 0 Å². The Morgan fingerprint density at radius 3 is 3.05 bits per heavy atom. The number of carboxylic acids is 1. The minimum absolute atomic E-state index is 0.00345. The Balaban J connectivity index is 1.96. The van der Waals surface area contributed by atoms with Crippen LogP contribution in [0.4, 0.5) is 0 Å². The van der Waals surface area contributed by atoms with Crippen LogP contribution in [0.2, 0.25) is 0 Å². The summed E-state index contributed by atoms with van der Waals surface area (Å²) < 4.78 is 32.2. The van der Waals surface area contributed by atoms with Crippen LogP contribution in [0.15, 0.2) is 16.9 Å². The topological polar surface area (TPSA) is 113 Å². The summed E-state index contributed by atoms with van der Waals surface area (Å²) in [7, 11) is -3.69. The molecule has 8 nitrogen and oxygen atoms in total. The summed E-state index contributed by atoms with van der Waals surface area (Å²) in [6, 6.07) is 1.55. The van der Waals surface area contributed by atoms with Gasteiger partial charge in [0.15, 0.2) is 0 Å².